The van der Waals surface area contributed by atoms with Gasteiger partial charge in [-0.05, 0) is 35.4 Å². The third-order valence-corrected chi connectivity index (χ3v) is 3.99. The average molecular weight is 364 g/mol. The van der Waals surface area contributed by atoms with Crippen molar-refractivity contribution in [1.82, 2.24) is 0 Å². The van der Waals surface area contributed by atoms with Gasteiger partial charge in [-0.15, -0.1) is 0 Å². The molecule has 0 radical (unpaired) electrons. The summed E-state index contributed by atoms with van der Waals surface area (Å²) in [5, 5.41) is 17.0. The number of nitro groups is 1. The Bertz CT molecular complexity index is 775. The van der Waals surface area contributed by atoms with Gasteiger partial charge in [-0.3, -0.25) is 19.7 Å². The predicted octanol–water partition coefficient (Wildman–Crippen LogP) is 2.78. The summed E-state index contributed by atoms with van der Waals surface area (Å²) in [5.41, 5.74) is 0.739. The van der Waals surface area contributed by atoms with Crippen LogP contribution >= 0.6 is 11.3 Å². The highest BCUT2D eigenvalue weighted by atomic mass is 32.1. The maximum absolute atomic E-state index is 12.2. The van der Waals surface area contributed by atoms with Crippen molar-refractivity contribution >= 4 is 34.6 Å². The van der Waals surface area contributed by atoms with E-state index >= 15 is 0 Å². The number of carbonyl (C=O) groups is 2. The van der Waals surface area contributed by atoms with E-state index < -0.39 is 22.9 Å². The van der Waals surface area contributed by atoms with Crippen LogP contribution in [0.4, 0.5) is 11.4 Å². The Labute approximate surface area is 147 Å². The number of hydrogen-bond acceptors (Lipinski definition) is 7. The standard InChI is InChI=1S/C16H16N2O6S/c1-10(24-15(19)7-11-5-6-25-9-11)16(20)17-13-8-12(18(21)22)3-4-14(13)23-2/h3-6,8-10H,7H2,1-2H3,(H,17,20)/t10-/m1/s1. The van der Waals surface area contributed by atoms with Crippen molar-refractivity contribution in [3.63, 3.8) is 0 Å². The zero-order chi connectivity index (χ0) is 18.4. The molecule has 0 saturated heterocycles. The van der Waals surface area contributed by atoms with E-state index in [2.05, 4.69) is 5.32 Å². The van der Waals surface area contributed by atoms with Gasteiger partial charge in [0, 0.05) is 12.1 Å². The van der Waals surface area contributed by atoms with Crippen LogP contribution in [0.3, 0.4) is 0 Å². The minimum atomic E-state index is -1.06. The second-order valence-electron chi connectivity index (χ2n) is 5.07. The highest BCUT2D eigenvalue weighted by Crippen LogP contribution is 2.29. The molecule has 0 unspecified atom stereocenters. The van der Waals surface area contributed by atoms with E-state index in [-0.39, 0.29) is 23.5 Å². The van der Waals surface area contributed by atoms with Gasteiger partial charge in [0.2, 0.25) is 0 Å². The highest BCUT2D eigenvalue weighted by Gasteiger charge is 2.21. The Morgan fingerprint density at radius 2 is 2.12 bits per heavy atom. The average Bonchev–Trinajstić information content (AvgIpc) is 3.07. The first-order valence-corrected chi connectivity index (χ1v) is 8.19. The fourth-order valence-corrected chi connectivity index (χ4v) is 2.66. The van der Waals surface area contributed by atoms with Crippen LogP contribution in [0.2, 0.25) is 0 Å². The van der Waals surface area contributed by atoms with Gasteiger partial charge in [0.1, 0.15) is 5.75 Å². The number of nitro benzene ring substituents is 1. The minimum Gasteiger partial charge on any atom is -0.495 e. The number of esters is 1. The Kier molecular flexibility index (Phi) is 6.07. The maximum atomic E-state index is 12.2. The zero-order valence-corrected chi connectivity index (χ0v) is 14.4. The molecule has 1 amide bonds. The molecule has 132 valence electrons. The Morgan fingerprint density at radius 1 is 1.36 bits per heavy atom. The van der Waals surface area contributed by atoms with E-state index in [4.69, 9.17) is 9.47 Å². The molecule has 8 nitrogen and oxygen atoms in total. The lowest BCUT2D eigenvalue weighted by atomic mass is 10.2. The first-order chi connectivity index (χ1) is 11.9. The predicted molar refractivity (Wildman–Crippen MR) is 91.9 cm³/mol. The van der Waals surface area contributed by atoms with Crippen molar-refractivity contribution in [2.24, 2.45) is 0 Å². The van der Waals surface area contributed by atoms with Gasteiger partial charge >= 0.3 is 5.97 Å². The molecule has 1 heterocycles. The van der Waals surface area contributed by atoms with Crippen LogP contribution in [-0.2, 0) is 20.7 Å². The van der Waals surface area contributed by atoms with E-state index in [0.29, 0.717) is 0 Å². The molecule has 1 atom stereocenters. The van der Waals surface area contributed by atoms with Crippen molar-refractivity contribution in [2.45, 2.75) is 19.4 Å². The summed E-state index contributed by atoms with van der Waals surface area (Å²) >= 11 is 1.46. The van der Waals surface area contributed by atoms with Crippen LogP contribution in [0.25, 0.3) is 0 Å². The van der Waals surface area contributed by atoms with Crippen molar-refractivity contribution in [3.05, 3.63) is 50.7 Å². The number of carbonyl (C=O) groups excluding carboxylic acids is 2. The molecular formula is C16H16N2O6S. The van der Waals surface area contributed by atoms with Crippen molar-refractivity contribution in [3.8, 4) is 5.75 Å². The molecule has 25 heavy (non-hydrogen) atoms. The second kappa shape index (κ2) is 8.25. The number of nitrogens with zero attached hydrogens (tertiary/aromatic N) is 1. The molecule has 9 heteroatoms. The van der Waals surface area contributed by atoms with Crippen molar-refractivity contribution in [1.29, 1.82) is 0 Å². The van der Waals surface area contributed by atoms with E-state index in [9.17, 15) is 19.7 Å². The number of amides is 1. The van der Waals surface area contributed by atoms with Gasteiger partial charge in [-0.2, -0.15) is 11.3 Å². The van der Waals surface area contributed by atoms with Crippen LogP contribution in [0.5, 0.6) is 5.75 Å². The first-order valence-electron chi connectivity index (χ1n) is 7.24. The monoisotopic (exact) mass is 364 g/mol. The van der Waals surface area contributed by atoms with E-state index in [1.54, 1.807) is 6.07 Å². The molecule has 1 N–H and O–H groups in total. The van der Waals surface area contributed by atoms with Gasteiger partial charge in [-0.1, -0.05) is 0 Å². The Hall–Kier alpha value is -2.94. The number of benzene rings is 1. The van der Waals surface area contributed by atoms with Gasteiger partial charge < -0.3 is 14.8 Å². The normalized spacial score (nSPS) is 11.4. The summed E-state index contributed by atoms with van der Waals surface area (Å²) in [5.74, 6) is -0.889. The van der Waals surface area contributed by atoms with E-state index in [1.807, 2.05) is 10.8 Å². The second-order valence-corrected chi connectivity index (χ2v) is 5.85. The first kappa shape index (κ1) is 18.4. The molecule has 1 aromatic carbocycles. The zero-order valence-electron chi connectivity index (χ0n) is 13.6. The number of anilines is 1. The summed E-state index contributed by atoms with van der Waals surface area (Å²) in [6.07, 6.45) is -0.989. The van der Waals surface area contributed by atoms with Gasteiger partial charge in [0.25, 0.3) is 11.6 Å². The molecule has 0 aliphatic heterocycles. The lowest BCUT2D eigenvalue weighted by Gasteiger charge is -2.15. The summed E-state index contributed by atoms with van der Waals surface area (Å²) in [6.45, 7) is 1.42. The molecule has 0 bridgehead atoms. The van der Waals surface area contributed by atoms with Crippen LogP contribution in [-0.4, -0.2) is 30.0 Å². The number of thiophene rings is 1. The van der Waals surface area contributed by atoms with Crippen LogP contribution in [0, 0.1) is 10.1 Å². The number of hydrogen-bond donors (Lipinski definition) is 1. The largest absolute Gasteiger partial charge is 0.495 e. The third-order valence-electron chi connectivity index (χ3n) is 3.26. The van der Waals surface area contributed by atoms with Crippen LogP contribution in [0.15, 0.2) is 35.0 Å². The summed E-state index contributed by atoms with van der Waals surface area (Å²) in [7, 11) is 1.38. The maximum Gasteiger partial charge on any atom is 0.311 e. The molecule has 1 aromatic heterocycles. The summed E-state index contributed by atoms with van der Waals surface area (Å²) < 4.78 is 10.2. The number of rotatable bonds is 7. The topological polar surface area (TPSA) is 108 Å². The SMILES string of the molecule is COc1ccc([N+](=O)[O-])cc1NC(=O)[C@@H](C)OC(=O)Cc1ccsc1. The van der Waals surface area contributed by atoms with Gasteiger partial charge in [-0.25, -0.2) is 0 Å². The fraction of sp³-hybridized carbons (Fsp3) is 0.250. The number of ether oxygens (including phenoxy) is 2. The third kappa shape index (κ3) is 5.01. The summed E-state index contributed by atoms with van der Waals surface area (Å²) in [4.78, 5) is 34.3. The quantitative estimate of drug-likeness (QED) is 0.460. The van der Waals surface area contributed by atoms with Crippen molar-refractivity contribution in [2.75, 3.05) is 12.4 Å². The molecule has 0 fully saturated rings. The summed E-state index contributed by atoms with van der Waals surface area (Å²) in [6, 6.07) is 5.61. The number of non-ortho nitro benzene ring substituents is 1. The number of nitrogens with one attached hydrogen (secondary N) is 1. The molecule has 2 rings (SSSR count). The highest BCUT2D eigenvalue weighted by molar-refractivity contribution is 7.07. The van der Waals surface area contributed by atoms with Gasteiger partial charge in [0.15, 0.2) is 6.10 Å². The minimum absolute atomic E-state index is 0.0707. The van der Waals surface area contributed by atoms with E-state index in [1.165, 1.54) is 43.6 Å². The molecule has 0 spiro atoms. The Balaban J connectivity index is 2.01. The number of methoxy groups -OCH3 is 1. The lowest BCUT2D eigenvalue weighted by Crippen LogP contribution is -2.30. The van der Waals surface area contributed by atoms with Crippen LogP contribution < -0.4 is 10.1 Å². The lowest BCUT2D eigenvalue weighted by molar-refractivity contribution is -0.384. The van der Waals surface area contributed by atoms with Gasteiger partial charge in [0.05, 0.1) is 24.1 Å². The Morgan fingerprint density at radius 3 is 2.72 bits per heavy atom. The fourth-order valence-electron chi connectivity index (χ4n) is 1.99. The molecule has 0 aliphatic rings. The molecule has 2 aromatic rings. The molecule has 0 aliphatic carbocycles. The van der Waals surface area contributed by atoms with E-state index in [0.717, 1.165) is 5.56 Å². The van der Waals surface area contributed by atoms with Crippen molar-refractivity contribution < 1.29 is 24.0 Å². The molecular weight excluding hydrogens is 348 g/mol. The smallest absolute Gasteiger partial charge is 0.311 e. The molecule has 0 saturated carbocycles. The van der Waals surface area contributed by atoms with Crippen LogP contribution in [0.1, 0.15) is 12.5 Å².